The summed E-state index contributed by atoms with van der Waals surface area (Å²) in [5.41, 5.74) is 1.64. The number of aromatic nitrogens is 2. The average molecular weight is 483 g/mol. The van der Waals surface area contributed by atoms with Crippen LogP contribution in [0.1, 0.15) is 42.9 Å². The van der Waals surface area contributed by atoms with Crippen molar-refractivity contribution >= 4 is 27.4 Å². The lowest BCUT2D eigenvalue weighted by Crippen LogP contribution is -2.41. The van der Waals surface area contributed by atoms with Crippen molar-refractivity contribution in [2.75, 3.05) is 18.4 Å². The molecule has 0 aliphatic carbocycles. The number of piperidine rings is 1. The Labute approximate surface area is 198 Å². The third kappa shape index (κ3) is 5.07. The van der Waals surface area contributed by atoms with Crippen molar-refractivity contribution in [2.45, 2.75) is 38.0 Å². The van der Waals surface area contributed by atoms with Crippen molar-refractivity contribution in [3.63, 3.8) is 0 Å². The Kier molecular flexibility index (Phi) is 6.90. The Balaban J connectivity index is 1.41. The number of rotatable bonds is 7. The van der Waals surface area contributed by atoms with Crippen LogP contribution < -0.4 is 5.32 Å². The van der Waals surface area contributed by atoms with E-state index in [-0.39, 0.29) is 35.6 Å². The largest absolute Gasteiger partial charge is 0.339 e. The van der Waals surface area contributed by atoms with E-state index in [1.165, 1.54) is 11.2 Å². The number of amides is 1. The van der Waals surface area contributed by atoms with Gasteiger partial charge >= 0.3 is 0 Å². The van der Waals surface area contributed by atoms with Crippen LogP contribution in [0.5, 0.6) is 0 Å². The Morgan fingerprint density at radius 3 is 2.53 bits per heavy atom. The van der Waals surface area contributed by atoms with E-state index in [0.29, 0.717) is 47.8 Å². The summed E-state index contributed by atoms with van der Waals surface area (Å²) in [7, 11) is -3.74. The van der Waals surface area contributed by atoms with Crippen molar-refractivity contribution in [3.8, 4) is 11.4 Å². The molecule has 1 N–H and O–H groups in total. The predicted molar refractivity (Wildman–Crippen MR) is 126 cm³/mol. The summed E-state index contributed by atoms with van der Waals surface area (Å²) in [6.07, 6.45) is 1.40. The number of anilines is 1. The van der Waals surface area contributed by atoms with Gasteiger partial charge in [-0.1, -0.05) is 36.3 Å². The van der Waals surface area contributed by atoms with Crippen molar-refractivity contribution < 1.29 is 22.5 Å². The van der Waals surface area contributed by atoms with Gasteiger partial charge in [0, 0.05) is 42.2 Å². The van der Waals surface area contributed by atoms with Crippen LogP contribution in [-0.2, 0) is 21.2 Å². The number of hydrogen-bond donors (Lipinski definition) is 1. The first kappa shape index (κ1) is 23.8. The SMILES string of the molecule is CCc1nc(-c2cccc(S(=O)(=O)N3CCC(C(=O)Nc4cccc(C(C)=O)c4)CC3)c2)no1. The summed E-state index contributed by atoms with van der Waals surface area (Å²) in [5, 5.41) is 6.76. The van der Waals surface area contributed by atoms with Crippen LogP contribution >= 0.6 is 0 Å². The molecule has 4 rings (SSSR count). The number of ketones is 1. The lowest BCUT2D eigenvalue weighted by atomic mass is 9.97. The first-order valence-corrected chi connectivity index (χ1v) is 12.6. The Hall–Kier alpha value is -3.37. The maximum absolute atomic E-state index is 13.2. The fourth-order valence-corrected chi connectivity index (χ4v) is 5.40. The summed E-state index contributed by atoms with van der Waals surface area (Å²) in [6.45, 7) is 3.84. The van der Waals surface area contributed by atoms with Crippen molar-refractivity contribution in [1.82, 2.24) is 14.4 Å². The van der Waals surface area contributed by atoms with Crippen molar-refractivity contribution in [1.29, 1.82) is 0 Å². The average Bonchev–Trinajstić information content (AvgIpc) is 3.34. The Morgan fingerprint density at radius 2 is 1.85 bits per heavy atom. The van der Waals surface area contributed by atoms with Gasteiger partial charge in [-0.05, 0) is 44.0 Å². The van der Waals surface area contributed by atoms with Crippen LogP contribution in [0.25, 0.3) is 11.4 Å². The molecule has 178 valence electrons. The van der Waals surface area contributed by atoms with E-state index in [4.69, 9.17) is 4.52 Å². The minimum absolute atomic E-state index is 0.0798. The zero-order valence-electron chi connectivity index (χ0n) is 19.0. The van der Waals surface area contributed by atoms with Crippen LogP contribution in [0, 0.1) is 5.92 Å². The summed E-state index contributed by atoms with van der Waals surface area (Å²) in [4.78, 5) is 28.7. The summed E-state index contributed by atoms with van der Waals surface area (Å²) >= 11 is 0. The van der Waals surface area contributed by atoms with Crippen LogP contribution in [-0.4, -0.2) is 47.6 Å². The van der Waals surface area contributed by atoms with Crippen LogP contribution in [0.2, 0.25) is 0 Å². The first-order valence-electron chi connectivity index (χ1n) is 11.1. The third-order valence-electron chi connectivity index (χ3n) is 5.86. The molecule has 1 aromatic heterocycles. The lowest BCUT2D eigenvalue weighted by Gasteiger charge is -2.30. The van der Waals surface area contributed by atoms with Gasteiger partial charge in [0.05, 0.1) is 4.90 Å². The van der Waals surface area contributed by atoms with E-state index in [2.05, 4.69) is 15.5 Å². The molecule has 9 nitrogen and oxygen atoms in total. The Morgan fingerprint density at radius 1 is 1.12 bits per heavy atom. The molecule has 2 aromatic carbocycles. The molecule has 10 heteroatoms. The number of nitrogens with zero attached hydrogens (tertiary/aromatic N) is 3. The quantitative estimate of drug-likeness (QED) is 0.511. The van der Waals surface area contributed by atoms with Crippen molar-refractivity contribution in [2.24, 2.45) is 5.92 Å². The molecule has 1 aliphatic rings. The van der Waals surface area contributed by atoms with E-state index in [9.17, 15) is 18.0 Å². The molecule has 0 unspecified atom stereocenters. The van der Waals surface area contributed by atoms with E-state index >= 15 is 0 Å². The predicted octanol–water partition coefficient (Wildman–Crippen LogP) is 3.54. The second-order valence-corrected chi connectivity index (χ2v) is 10.1. The van der Waals surface area contributed by atoms with E-state index in [1.807, 2.05) is 6.92 Å². The molecule has 2 heterocycles. The lowest BCUT2D eigenvalue weighted by molar-refractivity contribution is -0.120. The second-order valence-electron chi connectivity index (χ2n) is 8.20. The van der Waals surface area contributed by atoms with Crippen LogP contribution in [0.3, 0.4) is 0 Å². The zero-order valence-corrected chi connectivity index (χ0v) is 19.8. The molecule has 0 spiro atoms. The number of sulfonamides is 1. The molecule has 34 heavy (non-hydrogen) atoms. The topological polar surface area (TPSA) is 122 Å². The maximum atomic E-state index is 13.2. The molecule has 3 aromatic rings. The summed E-state index contributed by atoms with van der Waals surface area (Å²) in [6, 6.07) is 13.2. The molecule has 0 atom stereocenters. The normalized spacial score (nSPS) is 15.2. The monoisotopic (exact) mass is 482 g/mol. The van der Waals surface area contributed by atoms with Crippen LogP contribution in [0.15, 0.2) is 57.9 Å². The number of hydrogen-bond acceptors (Lipinski definition) is 7. The molecular weight excluding hydrogens is 456 g/mol. The minimum atomic E-state index is -3.74. The molecule has 0 saturated carbocycles. The van der Waals surface area contributed by atoms with E-state index in [1.54, 1.807) is 48.5 Å². The van der Waals surface area contributed by atoms with Crippen LogP contribution in [0.4, 0.5) is 5.69 Å². The van der Waals surface area contributed by atoms with Gasteiger partial charge in [0.1, 0.15) is 0 Å². The second kappa shape index (κ2) is 9.86. The zero-order chi connectivity index (χ0) is 24.3. The molecule has 1 saturated heterocycles. The number of Topliss-reactive ketones (excluding diaryl/α,β-unsaturated/α-hetero) is 1. The number of nitrogens with one attached hydrogen (secondary N) is 1. The van der Waals surface area contributed by atoms with E-state index in [0.717, 1.165) is 0 Å². The van der Waals surface area contributed by atoms with Gasteiger partial charge in [0.15, 0.2) is 5.78 Å². The highest BCUT2D eigenvalue weighted by molar-refractivity contribution is 7.89. The standard InChI is InChI=1S/C24H26N4O5S/c1-3-22-26-23(27-33-22)19-7-5-9-21(15-19)34(31,32)28-12-10-17(11-13-28)24(30)25-20-8-4-6-18(14-20)16(2)29/h4-9,14-15,17H,3,10-13H2,1-2H3,(H,25,30). The fourth-order valence-electron chi connectivity index (χ4n) is 3.88. The number of aryl methyl sites for hydroxylation is 1. The Bertz CT molecular complexity index is 1310. The highest BCUT2D eigenvalue weighted by Crippen LogP contribution is 2.27. The van der Waals surface area contributed by atoms with Gasteiger partial charge in [0.2, 0.25) is 27.6 Å². The number of carbonyl (C=O) groups is 2. The summed E-state index contributed by atoms with van der Waals surface area (Å²) in [5.74, 6) is 0.257. The fraction of sp³-hybridized carbons (Fsp3) is 0.333. The summed E-state index contributed by atoms with van der Waals surface area (Å²) < 4.78 is 33.0. The molecule has 0 bridgehead atoms. The van der Waals surface area contributed by atoms with Gasteiger partial charge in [-0.2, -0.15) is 9.29 Å². The molecule has 1 amide bonds. The maximum Gasteiger partial charge on any atom is 0.243 e. The highest BCUT2D eigenvalue weighted by Gasteiger charge is 2.32. The van der Waals surface area contributed by atoms with Gasteiger partial charge < -0.3 is 9.84 Å². The van der Waals surface area contributed by atoms with Gasteiger partial charge in [-0.25, -0.2) is 8.42 Å². The first-order chi connectivity index (χ1) is 16.3. The smallest absolute Gasteiger partial charge is 0.243 e. The third-order valence-corrected chi connectivity index (χ3v) is 7.76. The van der Waals surface area contributed by atoms with E-state index < -0.39 is 10.0 Å². The molecule has 1 aliphatic heterocycles. The molecular formula is C24H26N4O5S. The highest BCUT2D eigenvalue weighted by atomic mass is 32.2. The van der Waals surface area contributed by atoms with Gasteiger partial charge in [-0.15, -0.1) is 0 Å². The molecule has 0 radical (unpaired) electrons. The minimum Gasteiger partial charge on any atom is -0.339 e. The molecule has 1 fully saturated rings. The van der Waals surface area contributed by atoms with Crippen molar-refractivity contribution in [3.05, 3.63) is 60.0 Å². The van der Waals surface area contributed by atoms with Gasteiger partial charge in [0.25, 0.3) is 0 Å². The number of carbonyl (C=O) groups excluding carboxylic acids is 2. The van der Waals surface area contributed by atoms with Gasteiger partial charge in [-0.3, -0.25) is 9.59 Å². The number of benzene rings is 2.